The zero-order chi connectivity index (χ0) is 15.2. The molecule has 1 N–H and O–H groups in total. The van der Waals surface area contributed by atoms with Crippen molar-refractivity contribution < 1.29 is 8.78 Å². The van der Waals surface area contributed by atoms with Gasteiger partial charge in [0.2, 0.25) is 0 Å². The maximum absolute atomic E-state index is 13.2. The summed E-state index contributed by atoms with van der Waals surface area (Å²) in [6, 6.07) is 5.38. The molecular formula is C17H26F2N2. The summed E-state index contributed by atoms with van der Waals surface area (Å²) in [6.07, 6.45) is 5.92. The van der Waals surface area contributed by atoms with Crippen molar-refractivity contribution in [2.75, 3.05) is 13.6 Å². The highest BCUT2D eigenvalue weighted by molar-refractivity contribution is 5.17. The van der Waals surface area contributed by atoms with Crippen molar-refractivity contribution in [2.24, 2.45) is 0 Å². The van der Waals surface area contributed by atoms with E-state index in [9.17, 15) is 8.78 Å². The van der Waals surface area contributed by atoms with Crippen LogP contribution in [0.2, 0.25) is 0 Å². The van der Waals surface area contributed by atoms with Gasteiger partial charge in [0.05, 0.1) is 0 Å². The second-order valence-electron chi connectivity index (χ2n) is 6.12. The second-order valence-corrected chi connectivity index (χ2v) is 6.12. The minimum absolute atomic E-state index is 0.540. The van der Waals surface area contributed by atoms with Crippen LogP contribution in [-0.4, -0.2) is 30.6 Å². The SMILES string of the molecule is CCCNC1CCC(N(C)Cc2ccc(F)c(F)c2)CC1. The van der Waals surface area contributed by atoms with E-state index in [1.807, 2.05) is 0 Å². The van der Waals surface area contributed by atoms with Gasteiger partial charge in [-0.2, -0.15) is 0 Å². The fraction of sp³-hybridized carbons (Fsp3) is 0.647. The van der Waals surface area contributed by atoms with E-state index in [4.69, 9.17) is 0 Å². The Balaban J connectivity index is 1.81. The van der Waals surface area contributed by atoms with Crippen molar-refractivity contribution in [1.82, 2.24) is 10.2 Å². The predicted octanol–water partition coefficient (Wildman–Crippen LogP) is 3.71. The lowest BCUT2D eigenvalue weighted by Gasteiger charge is -2.35. The molecule has 2 nitrogen and oxygen atoms in total. The minimum atomic E-state index is -0.774. The molecule has 21 heavy (non-hydrogen) atoms. The topological polar surface area (TPSA) is 15.3 Å². The van der Waals surface area contributed by atoms with Crippen LogP contribution < -0.4 is 5.32 Å². The maximum atomic E-state index is 13.2. The lowest BCUT2D eigenvalue weighted by molar-refractivity contribution is 0.167. The summed E-state index contributed by atoms with van der Waals surface area (Å²) in [7, 11) is 2.08. The van der Waals surface area contributed by atoms with E-state index < -0.39 is 11.6 Å². The molecule has 0 heterocycles. The molecule has 0 aromatic heterocycles. The van der Waals surface area contributed by atoms with Gasteiger partial charge >= 0.3 is 0 Å². The number of hydrogen-bond donors (Lipinski definition) is 1. The first kappa shape index (κ1) is 16.4. The first-order valence-corrected chi connectivity index (χ1v) is 7.97. The second kappa shape index (κ2) is 7.85. The van der Waals surface area contributed by atoms with Crippen LogP contribution in [0.25, 0.3) is 0 Å². The fourth-order valence-electron chi connectivity index (χ4n) is 3.12. The number of rotatable bonds is 6. The zero-order valence-corrected chi connectivity index (χ0v) is 13.0. The maximum Gasteiger partial charge on any atom is 0.159 e. The third-order valence-corrected chi connectivity index (χ3v) is 4.42. The lowest BCUT2D eigenvalue weighted by Crippen LogP contribution is -2.40. The van der Waals surface area contributed by atoms with Gasteiger partial charge in [-0.25, -0.2) is 8.78 Å². The summed E-state index contributed by atoms with van der Waals surface area (Å²) < 4.78 is 26.2. The monoisotopic (exact) mass is 296 g/mol. The molecule has 1 aliphatic rings. The van der Waals surface area contributed by atoms with E-state index in [0.29, 0.717) is 18.6 Å². The van der Waals surface area contributed by atoms with Crippen LogP contribution in [0.4, 0.5) is 8.78 Å². The van der Waals surface area contributed by atoms with Crippen molar-refractivity contribution in [1.29, 1.82) is 0 Å². The molecule has 1 saturated carbocycles. The van der Waals surface area contributed by atoms with Crippen molar-refractivity contribution in [3.63, 3.8) is 0 Å². The van der Waals surface area contributed by atoms with E-state index in [1.54, 1.807) is 6.07 Å². The Morgan fingerprint density at radius 2 is 1.86 bits per heavy atom. The van der Waals surface area contributed by atoms with Gasteiger partial charge in [0.1, 0.15) is 0 Å². The molecular weight excluding hydrogens is 270 g/mol. The van der Waals surface area contributed by atoms with E-state index in [2.05, 4.69) is 24.2 Å². The molecule has 1 fully saturated rings. The molecule has 0 bridgehead atoms. The van der Waals surface area contributed by atoms with E-state index in [0.717, 1.165) is 12.1 Å². The standard InChI is InChI=1S/C17H26F2N2/c1-3-10-20-14-5-7-15(8-6-14)21(2)12-13-4-9-16(18)17(19)11-13/h4,9,11,14-15,20H,3,5-8,10,12H2,1-2H3. The highest BCUT2D eigenvalue weighted by Crippen LogP contribution is 2.24. The van der Waals surface area contributed by atoms with Gasteiger partial charge in [0, 0.05) is 18.6 Å². The number of nitrogens with one attached hydrogen (secondary N) is 1. The zero-order valence-electron chi connectivity index (χ0n) is 13.0. The van der Waals surface area contributed by atoms with E-state index in [1.165, 1.54) is 44.2 Å². The molecule has 0 aliphatic heterocycles. The Hall–Kier alpha value is -1.00. The summed E-state index contributed by atoms with van der Waals surface area (Å²) in [4.78, 5) is 2.27. The molecule has 2 rings (SSSR count). The van der Waals surface area contributed by atoms with E-state index in [-0.39, 0.29) is 0 Å². The fourth-order valence-corrected chi connectivity index (χ4v) is 3.12. The highest BCUT2D eigenvalue weighted by Gasteiger charge is 2.23. The largest absolute Gasteiger partial charge is 0.314 e. The summed E-state index contributed by atoms with van der Waals surface area (Å²) >= 11 is 0. The quantitative estimate of drug-likeness (QED) is 0.861. The normalized spacial score (nSPS) is 22.7. The first-order valence-electron chi connectivity index (χ1n) is 7.97. The van der Waals surface area contributed by atoms with Crippen molar-refractivity contribution in [3.8, 4) is 0 Å². The molecule has 1 aromatic rings. The van der Waals surface area contributed by atoms with Crippen LogP contribution in [0, 0.1) is 11.6 Å². The third-order valence-electron chi connectivity index (χ3n) is 4.42. The van der Waals surface area contributed by atoms with Gasteiger partial charge in [0.25, 0.3) is 0 Å². The van der Waals surface area contributed by atoms with Crippen LogP contribution in [0.15, 0.2) is 18.2 Å². The van der Waals surface area contributed by atoms with Crippen LogP contribution in [0.1, 0.15) is 44.6 Å². The summed E-state index contributed by atoms with van der Waals surface area (Å²) in [5.74, 6) is -1.53. The Morgan fingerprint density at radius 1 is 1.14 bits per heavy atom. The van der Waals surface area contributed by atoms with Crippen LogP contribution in [0.5, 0.6) is 0 Å². The third kappa shape index (κ3) is 4.75. The number of nitrogens with zero attached hydrogens (tertiary/aromatic N) is 1. The Bertz CT molecular complexity index is 442. The molecule has 1 aliphatic carbocycles. The van der Waals surface area contributed by atoms with Gasteiger partial charge in [-0.05, 0) is 63.4 Å². The molecule has 118 valence electrons. The number of benzene rings is 1. The smallest absolute Gasteiger partial charge is 0.159 e. The summed E-state index contributed by atoms with van der Waals surface area (Å²) in [6.45, 7) is 3.96. The summed E-state index contributed by atoms with van der Waals surface area (Å²) in [5, 5.41) is 3.58. The average molecular weight is 296 g/mol. The predicted molar refractivity (Wildman–Crippen MR) is 82.2 cm³/mol. The molecule has 0 amide bonds. The van der Waals surface area contributed by atoms with Gasteiger partial charge in [0.15, 0.2) is 11.6 Å². The summed E-state index contributed by atoms with van der Waals surface area (Å²) in [5.41, 5.74) is 0.836. The van der Waals surface area contributed by atoms with Crippen LogP contribution in [-0.2, 0) is 6.54 Å². The number of hydrogen-bond acceptors (Lipinski definition) is 2. The molecule has 1 aromatic carbocycles. The molecule has 0 radical (unpaired) electrons. The molecule has 0 spiro atoms. The highest BCUT2D eigenvalue weighted by atomic mass is 19.2. The van der Waals surface area contributed by atoms with Crippen LogP contribution in [0.3, 0.4) is 0 Å². The van der Waals surface area contributed by atoms with Crippen molar-refractivity contribution >= 4 is 0 Å². The average Bonchev–Trinajstić information content (AvgIpc) is 2.49. The first-order chi connectivity index (χ1) is 10.1. The van der Waals surface area contributed by atoms with Crippen LogP contribution >= 0.6 is 0 Å². The lowest BCUT2D eigenvalue weighted by atomic mass is 9.90. The van der Waals surface area contributed by atoms with Crippen molar-refractivity contribution in [2.45, 2.75) is 57.7 Å². The number of halogens is 2. The van der Waals surface area contributed by atoms with Gasteiger partial charge < -0.3 is 5.32 Å². The van der Waals surface area contributed by atoms with E-state index >= 15 is 0 Å². The molecule has 0 atom stereocenters. The van der Waals surface area contributed by atoms with Gasteiger partial charge in [-0.15, -0.1) is 0 Å². The van der Waals surface area contributed by atoms with Gasteiger partial charge in [-0.1, -0.05) is 13.0 Å². The Kier molecular flexibility index (Phi) is 6.12. The molecule has 0 saturated heterocycles. The van der Waals surface area contributed by atoms with Gasteiger partial charge in [-0.3, -0.25) is 4.90 Å². The molecule has 0 unspecified atom stereocenters. The molecule has 4 heteroatoms. The Labute approximate surface area is 126 Å². The Morgan fingerprint density at radius 3 is 2.48 bits per heavy atom. The van der Waals surface area contributed by atoms with Crippen molar-refractivity contribution in [3.05, 3.63) is 35.4 Å². The minimum Gasteiger partial charge on any atom is -0.314 e.